The van der Waals surface area contributed by atoms with E-state index in [9.17, 15) is 0 Å². The molecule has 1 heterocycles. The lowest BCUT2D eigenvalue weighted by Crippen LogP contribution is -2.09. The summed E-state index contributed by atoms with van der Waals surface area (Å²) in [6.07, 6.45) is 5.41. The zero-order valence-corrected chi connectivity index (χ0v) is 18.9. The average Bonchev–Trinajstić information content (AvgIpc) is 2.86. The van der Waals surface area contributed by atoms with Crippen LogP contribution in [0.15, 0.2) is 84.0 Å². The number of aromatic nitrogens is 2. The van der Waals surface area contributed by atoms with Gasteiger partial charge >= 0.3 is 0 Å². The van der Waals surface area contributed by atoms with Crippen molar-refractivity contribution in [1.29, 1.82) is 5.41 Å². The van der Waals surface area contributed by atoms with Crippen molar-refractivity contribution in [3.63, 3.8) is 0 Å². The maximum Gasteiger partial charge on any atom is 0.165 e. The number of aliphatic imine (C=N–C) groups is 1. The second-order valence-corrected chi connectivity index (χ2v) is 7.76. The molecule has 0 spiro atoms. The molecule has 5 heteroatoms. The van der Waals surface area contributed by atoms with Crippen LogP contribution in [0, 0.1) is 12.3 Å². The van der Waals surface area contributed by atoms with Crippen LogP contribution >= 0.6 is 0 Å². The van der Waals surface area contributed by atoms with Gasteiger partial charge in [-0.15, -0.1) is 0 Å². The zero-order valence-electron chi connectivity index (χ0n) is 18.9. The van der Waals surface area contributed by atoms with Crippen molar-refractivity contribution in [2.24, 2.45) is 4.99 Å². The van der Waals surface area contributed by atoms with Crippen LogP contribution in [0.2, 0.25) is 0 Å². The van der Waals surface area contributed by atoms with Crippen LogP contribution in [0.5, 0.6) is 0 Å². The first-order chi connectivity index (χ1) is 16.2. The summed E-state index contributed by atoms with van der Waals surface area (Å²) in [5, 5.41) is 12.3. The Balaban J connectivity index is 1.79. The summed E-state index contributed by atoms with van der Waals surface area (Å²) in [4.78, 5) is 13.8. The van der Waals surface area contributed by atoms with Crippen molar-refractivity contribution in [3.8, 4) is 11.1 Å². The molecule has 3 aromatic carbocycles. The molecule has 4 rings (SSSR count). The molecule has 0 aliphatic carbocycles. The Morgan fingerprint density at radius 2 is 1.76 bits per heavy atom. The fourth-order valence-electron chi connectivity index (χ4n) is 3.69. The molecule has 0 saturated carbocycles. The van der Waals surface area contributed by atoms with E-state index in [2.05, 4.69) is 59.7 Å². The van der Waals surface area contributed by atoms with Gasteiger partial charge in [0.15, 0.2) is 5.82 Å². The molecule has 0 aliphatic rings. The predicted octanol–water partition coefficient (Wildman–Crippen LogP) is 6.34. The largest absolute Gasteiger partial charge is 0.369 e. The Bertz CT molecular complexity index is 1310. The lowest BCUT2D eigenvalue weighted by Gasteiger charge is -2.14. The molecule has 164 valence electrons. The van der Waals surface area contributed by atoms with Gasteiger partial charge in [-0.2, -0.15) is 0 Å². The molecule has 0 unspecified atom stereocenters. The normalized spacial score (nSPS) is 11.8. The van der Waals surface area contributed by atoms with Gasteiger partial charge in [0, 0.05) is 25.2 Å². The van der Waals surface area contributed by atoms with E-state index in [4.69, 9.17) is 15.4 Å². The summed E-state index contributed by atoms with van der Waals surface area (Å²) in [5.74, 6) is 1.24. The maximum atomic E-state index is 7.83. The first kappa shape index (κ1) is 22.1. The van der Waals surface area contributed by atoms with Crippen LogP contribution in [0.1, 0.15) is 23.9 Å². The maximum absolute atomic E-state index is 7.83. The third kappa shape index (κ3) is 5.21. The van der Waals surface area contributed by atoms with Gasteiger partial charge in [0.1, 0.15) is 5.82 Å². The van der Waals surface area contributed by atoms with Crippen LogP contribution in [0.4, 0.5) is 5.82 Å². The van der Waals surface area contributed by atoms with Gasteiger partial charge in [0.2, 0.25) is 0 Å². The molecule has 0 atom stereocenters. The number of hydrogen-bond acceptors (Lipinski definition) is 5. The molecule has 0 amide bonds. The summed E-state index contributed by atoms with van der Waals surface area (Å²) >= 11 is 0. The number of rotatable bonds is 8. The number of nitrogens with zero attached hydrogens (tertiary/aromatic N) is 3. The van der Waals surface area contributed by atoms with Gasteiger partial charge in [0.25, 0.3) is 0 Å². The molecule has 4 aromatic rings. The summed E-state index contributed by atoms with van der Waals surface area (Å²) in [5.41, 5.74) is 6.09. The van der Waals surface area contributed by atoms with E-state index in [-0.39, 0.29) is 0 Å². The zero-order chi connectivity index (χ0) is 23.0. The molecule has 5 nitrogen and oxygen atoms in total. The number of benzene rings is 3. The summed E-state index contributed by atoms with van der Waals surface area (Å²) in [6.45, 7) is 4.66. The third-order valence-electron chi connectivity index (χ3n) is 5.41. The molecule has 0 saturated heterocycles. The summed E-state index contributed by atoms with van der Waals surface area (Å²) in [6, 6.07) is 25.0. The first-order valence-corrected chi connectivity index (χ1v) is 11.0. The van der Waals surface area contributed by atoms with Crippen molar-refractivity contribution < 1.29 is 0 Å². The second-order valence-electron chi connectivity index (χ2n) is 7.76. The fourth-order valence-corrected chi connectivity index (χ4v) is 3.69. The Morgan fingerprint density at radius 1 is 0.970 bits per heavy atom. The highest BCUT2D eigenvalue weighted by molar-refractivity contribution is 6.09. The van der Waals surface area contributed by atoms with Crippen molar-refractivity contribution in [2.45, 2.75) is 20.3 Å². The highest BCUT2D eigenvalue weighted by Crippen LogP contribution is 2.33. The van der Waals surface area contributed by atoms with E-state index >= 15 is 0 Å². The number of hydrogen-bond donors (Lipinski definition) is 2. The lowest BCUT2D eigenvalue weighted by molar-refractivity contribution is 1.00. The Morgan fingerprint density at radius 3 is 2.48 bits per heavy atom. The van der Waals surface area contributed by atoms with Crippen molar-refractivity contribution in [3.05, 3.63) is 95.9 Å². The average molecular weight is 434 g/mol. The van der Waals surface area contributed by atoms with Crippen molar-refractivity contribution >= 4 is 34.7 Å². The Kier molecular flexibility index (Phi) is 7.00. The quantitative estimate of drug-likeness (QED) is 0.318. The molecule has 2 N–H and O–H groups in total. The minimum atomic E-state index is 0.478. The highest BCUT2D eigenvalue weighted by Gasteiger charge is 2.14. The third-order valence-corrected chi connectivity index (χ3v) is 5.41. The highest BCUT2D eigenvalue weighted by atomic mass is 15.0. The van der Waals surface area contributed by atoms with Gasteiger partial charge in [-0.25, -0.2) is 9.97 Å². The smallest absolute Gasteiger partial charge is 0.165 e. The van der Waals surface area contributed by atoms with Gasteiger partial charge in [-0.1, -0.05) is 72.3 Å². The van der Waals surface area contributed by atoms with E-state index in [0.717, 1.165) is 40.8 Å². The number of allylic oxidation sites excluding steroid dienone is 1. The summed E-state index contributed by atoms with van der Waals surface area (Å²) in [7, 11) is 0. The van der Waals surface area contributed by atoms with Crippen LogP contribution in [-0.2, 0) is 6.42 Å². The minimum Gasteiger partial charge on any atom is -0.369 e. The first-order valence-electron chi connectivity index (χ1n) is 11.0. The Hall–Kier alpha value is -4.12. The molecule has 0 radical (unpaired) electrons. The van der Waals surface area contributed by atoms with Crippen LogP contribution < -0.4 is 5.32 Å². The van der Waals surface area contributed by atoms with Crippen molar-refractivity contribution in [2.75, 3.05) is 11.9 Å². The molecule has 1 aromatic heterocycles. The van der Waals surface area contributed by atoms with Gasteiger partial charge in [-0.05, 0) is 43.0 Å². The van der Waals surface area contributed by atoms with E-state index in [1.807, 2.05) is 37.3 Å². The fraction of sp³-hybridized carbons (Fsp3) is 0.143. The number of fused-ring (bicyclic) bond motifs is 1. The minimum absolute atomic E-state index is 0.478. The molecule has 33 heavy (non-hydrogen) atoms. The molecule has 0 aliphatic heterocycles. The van der Waals surface area contributed by atoms with E-state index in [1.54, 1.807) is 12.4 Å². The van der Waals surface area contributed by atoms with E-state index in [1.165, 1.54) is 17.3 Å². The molecular formula is C28H27N5. The lowest BCUT2D eigenvalue weighted by atomic mass is 10.0. The van der Waals surface area contributed by atoms with Crippen molar-refractivity contribution in [1.82, 2.24) is 9.97 Å². The predicted molar refractivity (Wildman–Crippen MR) is 139 cm³/mol. The van der Waals surface area contributed by atoms with Gasteiger partial charge in [0.05, 0.1) is 16.5 Å². The molecular weight excluding hydrogens is 406 g/mol. The summed E-state index contributed by atoms with van der Waals surface area (Å²) < 4.78 is 0. The van der Waals surface area contributed by atoms with E-state index in [0.29, 0.717) is 11.4 Å². The standard InChI is InChI=1S/C28H27N5/c1-3-30-19-23(18-29)27-32-25-11-7-10-24(22-8-5-4-6-9-22)26(25)28(33-27)31-17-16-21-14-12-20(2)13-15-21/h3-15,18-19,29H,16-17H2,1-2H3,(H,31,32,33)/b23-19+,29-18?,30-3-. The SMILES string of the molecule is C/C=N\C=C(/C=N)c1nc(NCCc2ccc(C)cc2)c2c(-c3ccccc3)cccc2n1. The van der Waals surface area contributed by atoms with Gasteiger partial charge in [-0.3, -0.25) is 4.99 Å². The topological polar surface area (TPSA) is 74.0 Å². The van der Waals surface area contributed by atoms with Gasteiger partial charge < -0.3 is 10.7 Å². The molecule has 0 fully saturated rings. The van der Waals surface area contributed by atoms with Crippen LogP contribution in [-0.4, -0.2) is 28.9 Å². The van der Waals surface area contributed by atoms with Crippen LogP contribution in [0.25, 0.3) is 27.6 Å². The number of anilines is 1. The number of nitrogens with one attached hydrogen (secondary N) is 2. The number of aryl methyl sites for hydroxylation is 1. The Labute approximate surface area is 194 Å². The van der Waals surface area contributed by atoms with E-state index < -0.39 is 0 Å². The van der Waals surface area contributed by atoms with Crippen LogP contribution in [0.3, 0.4) is 0 Å². The molecule has 0 bridgehead atoms. The second kappa shape index (κ2) is 10.5. The monoisotopic (exact) mass is 433 g/mol.